The monoisotopic (exact) mass is 295 g/mol. The number of pyridine rings is 1. The number of amides is 2. The molecule has 6 heteroatoms. The zero-order valence-electron chi connectivity index (χ0n) is 11.4. The molecule has 108 valence electrons. The molecule has 2 amide bonds. The van der Waals surface area contributed by atoms with Crippen molar-refractivity contribution in [2.75, 3.05) is 6.54 Å². The van der Waals surface area contributed by atoms with Gasteiger partial charge in [0.25, 0.3) is 5.91 Å². The second kappa shape index (κ2) is 6.70. The van der Waals surface area contributed by atoms with Crippen LogP contribution in [-0.2, 0) is 4.79 Å². The van der Waals surface area contributed by atoms with Gasteiger partial charge >= 0.3 is 0 Å². The maximum atomic E-state index is 11.9. The van der Waals surface area contributed by atoms with Crippen molar-refractivity contribution >= 4 is 23.4 Å². The number of nitrogens with one attached hydrogen (secondary N) is 2. The van der Waals surface area contributed by atoms with Crippen LogP contribution in [0.4, 0.5) is 0 Å². The Morgan fingerprint density at radius 2 is 2.15 bits per heavy atom. The van der Waals surface area contributed by atoms with E-state index >= 15 is 0 Å². The molecule has 0 spiro atoms. The van der Waals surface area contributed by atoms with Gasteiger partial charge in [-0.1, -0.05) is 11.6 Å². The lowest BCUT2D eigenvalue weighted by molar-refractivity contribution is -0.121. The molecule has 0 bridgehead atoms. The molecule has 2 N–H and O–H groups in total. The molecule has 1 aliphatic carbocycles. The van der Waals surface area contributed by atoms with Crippen LogP contribution in [0.3, 0.4) is 0 Å². The second-order valence-electron chi connectivity index (χ2n) is 5.02. The van der Waals surface area contributed by atoms with Crippen molar-refractivity contribution < 1.29 is 9.59 Å². The fourth-order valence-electron chi connectivity index (χ4n) is 1.84. The summed E-state index contributed by atoms with van der Waals surface area (Å²) in [5.74, 6) is -0.135. The van der Waals surface area contributed by atoms with E-state index in [0.29, 0.717) is 41.8 Å². The van der Waals surface area contributed by atoms with Gasteiger partial charge < -0.3 is 10.6 Å². The van der Waals surface area contributed by atoms with Gasteiger partial charge in [-0.15, -0.1) is 0 Å². The first-order valence-electron chi connectivity index (χ1n) is 6.76. The third kappa shape index (κ3) is 4.81. The number of aromatic nitrogens is 1. The molecule has 0 aromatic carbocycles. The Hall–Kier alpha value is -1.62. The van der Waals surface area contributed by atoms with Crippen LogP contribution in [0.2, 0.25) is 5.15 Å². The molecule has 0 unspecified atom stereocenters. The number of carbonyl (C=O) groups excluding carboxylic acids is 2. The van der Waals surface area contributed by atoms with Crippen LogP contribution in [0.1, 0.15) is 41.7 Å². The topological polar surface area (TPSA) is 71.1 Å². The fourth-order valence-corrected chi connectivity index (χ4v) is 2.09. The summed E-state index contributed by atoms with van der Waals surface area (Å²) in [5.41, 5.74) is 1.19. The van der Waals surface area contributed by atoms with E-state index in [0.717, 1.165) is 12.8 Å². The summed E-state index contributed by atoms with van der Waals surface area (Å²) in [6, 6.07) is 3.60. The van der Waals surface area contributed by atoms with Gasteiger partial charge in [0.1, 0.15) is 5.15 Å². The van der Waals surface area contributed by atoms with E-state index in [2.05, 4.69) is 15.6 Å². The highest BCUT2D eigenvalue weighted by atomic mass is 35.5. The molecule has 1 aromatic rings. The maximum Gasteiger partial charge on any atom is 0.251 e. The van der Waals surface area contributed by atoms with Gasteiger partial charge in [-0.2, -0.15) is 0 Å². The molecule has 1 heterocycles. The molecule has 0 radical (unpaired) electrons. The van der Waals surface area contributed by atoms with E-state index < -0.39 is 0 Å². The summed E-state index contributed by atoms with van der Waals surface area (Å²) in [4.78, 5) is 27.3. The lowest BCUT2D eigenvalue weighted by Gasteiger charge is -2.06. The normalized spacial score (nSPS) is 13.9. The molecule has 1 saturated carbocycles. The Labute approximate surface area is 123 Å². The molecule has 1 fully saturated rings. The Bertz CT molecular complexity index is 495. The molecular formula is C14H18ClN3O2. The van der Waals surface area contributed by atoms with E-state index in [-0.39, 0.29) is 11.8 Å². The smallest absolute Gasteiger partial charge is 0.251 e. The second-order valence-corrected chi connectivity index (χ2v) is 5.41. The number of nitrogens with zero attached hydrogens (tertiary/aromatic N) is 1. The van der Waals surface area contributed by atoms with Gasteiger partial charge in [0.05, 0.1) is 0 Å². The summed E-state index contributed by atoms with van der Waals surface area (Å²) in [7, 11) is 0. The minimum atomic E-state index is -0.194. The largest absolute Gasteiger partial charge is 0.353 e. The Morgan fingerprint density at radius 3 is 2.80 bits per heavy atom. The predicted octanol–water partition coefficient (Wildman–Crippen LogP) is 1.83. The van der Waals surface area contributed by atoms with Gasteiger partial charge in [0.2, 0.25) is 5.91 Å². The minimum absolute atomic E-state index is 0.0598. The van der Waals surface area contributed by atoms with Crippen molar-refractivity contribution in [3.63, 3.8) is 0 Å². The standard InChI is InChI=1S/C14H18ClN3O2/c1-9-7-10(8-12(15)17-9)14(20)16-6-2-3-13(19)18-11-4-5-11/h7-8,11H,2-6H2,1H3,(H,16,20)(H,18,19). The average molecular weight is 296 g/mol. The van der Waals surface area contributed by atoms with Gasteiger partial charge in [-0.25, -0.2) is 4.98 Å². The summed E-state index contributed by atoms with van der Waals surface area (Å²) >= 11 is 5.81. The van der Waals surface area contributed by atoms with Gasteiger partial charge in [-0.05, 0) is 38.3 Å². The van der Waals surface area contributed by atoms with Crippen molar-refractivity contribution in [1.29, 1.82) is 0 Å². The molecule has 0 aliphatic heterocycles. The highest BCUT2D eigenvalue weighted by Gasteiger charge is 2.22. The maximum absolute atomic E-state index is 11.9. The van der Waals surface area contributed by atoms with Crippen LogP contribution < -0.4 is 10.6 Å². The number of hydrogen-bond donors (Lipinski definition) is 2. The van der Waals surface area contributed by atoms with Crippen LogP contribution in [0.15, 0.2) is 12.1 Å². The third-order valence-corrected chi connectivity index (χ3v) is 3.19. The molecule has 1 aromatic heterocycles. The minimum Gasteiger partial charge on any atom is -0.353 e. The lowest BCUT2D eigenvalue weighted by Crippen LogP contribution is -2.28. The SMILES string of the molecule is Cc1cc(C(=O)NCCCC(=O)NC2CC2)cc(Cl)n1. The summed E-state index contributed by atoms with van der Waals surface area (Å²) < 4.78 is 0. The number of halogens is 1. The molecule has 1 aliphatic rings. The van der Waals surface area contributed by atoms with E-state index in [4.69, 9.17) is 11.6 Å². The van der Waals surface area contributed by atoms with Crippen LogP contribution in [0.25, 0.3) is 0 Å². The molecule has 5 nitrogen and oxygen atoms in total. The summed E-state index contributed by atoms with van der Waals surface area (Å²) in [5, 5.41) is 5.99. The molecule has 0 atom stereocenters. The highest BCUT2D eigenvalue weighted by molar-refractivity contribution is 6.29. The number of carbonyl (C=O) groups is 2. The highest BCUT2D eigenvalue weighted by Crippen LogP contribution is 2.18. The Kier molecular flexibility index (Phi) is 4.95. The van der Waals surface area contributed by atoms with E-state index in [1.165, 1.54) is 6.07 Å². The number of aryl methyl sites for hydroxylation is 1. The molecule has 0 saturated heterocycles. The predicted molar refractivity (Wildman–Crippen MR) is 76.7 cm³/mol. The molecular weight excluding hydrogens is 278 g/mol. The Morgan fingerprint density at radius 1 is 1.40 bits per heavy atom. The van der Waals surface area contributed by atoms with Crippen LogP contribution in [0.5, 0.6) is 0 Å². The quantitative estimate of drug-likeness (QED) is 0.621. The van der Waals surface area contributed by atoms with Crippen molar-refractivity contribution in [2.24, 2.45) is 0 Å². The van der Waals surface area contributed by atoms with Gasteiger partial charge in [-0.3, -0.25) is 9.59 Å². The number of rotatable bonds is 6. The van der Waals surface area contributed by atoms with Crippen molar-refractivity contribution in [1.82, 2.24) is 15.6 Å². The van der Waals surface area contributed by atoms with Crippen LogP contribution >= 0.6 is 11.6 Å². The van der Waals surface area contributed by atoms with Crippen molar-refractivity contribution in [2.45, 2.75) is 38.6 Å². The zero-order valence-corrected chi connectivity index (χ0v) is 12.2. The zero-order chi connectivity index (χ0) is 14.5. The van der Waals surface area contributed by atoms with Gasteiger partial charge in [0, 0.05) is 30.3 Å². The van der Waals surface area contributed by atoms with E-state index in [9.17, 15) is 9.59 Å². The van der Waals surface area contributed by atoms with Crippen LogP contribution in [-0.4, -0.2) is 29.4 Å². The lowest BCUT2D eigenvalue weighted by atomic mass is 10.2. The number of hydrogen-bond acceptors (Lipinski definition) is 3. The first kappa shape index (κ1) is 14.8. The van der Waals surface area contributed by atoms with Crippen LogP contribution in [0, 0.1) is 6.92 Å². The molecule has 20 heavy (non-hydrogen) atoms. The fraction of sp³-hybridized carbons (Fsp3) is 0.500. The first-order valence-corrected chi connectivity index (χ1v) is 7.14. The molecule has 2 rings (SSSR count). The first-order chi connectivity index (χ1) is 9.54. The van der Waals surface area contributed by atoms with E-state index in [1.807, 2.05) is 0 Å². The third-order valence-electron chi connectivity index (χ3n) is 2.99. The van der Waals surface area contributed by atoms with E-state index in [1.54, 1.807) is 13.0 Å². The van der Waals surface area contributed by atoms with Gasteiger partial charge in [0.15, 0.2) is 0 Å². The Balaban J connectivity index is 1.70. The van der Waals surface area contributed by atoms with Crippen molar-refractivity contribution in [3.05, 3.63) is 28.5 Å². The average Bonchev–Trinajstić information content (AvgIpc) is 3.17. The summed E-state index contributed by atoms with van der Waals surface area (Å²) in [6.45, 7) is 2.25. The summed E-state index contributed by atoms with van der Waals surface area (Å²) in [6.07, 6.45) is 3.24. The van der Waals surface area contributed by atoms with Crippen molar-refractivity contribution in [3.8, 4) is 0 Å².